The summed E-state index contributed by atoms with van der Waals surface area (Å²) in [5.41, 5.74) is 4.98. The first-order chi connectivity index (χ1) is 9.33. The van der Waals surface area contributed by atoms with Crippen LogP contribution in [0.5, 0.6) is 0 Å². The fraction of sp³-hybridized carbons (Fsp3) is 0.786. The van der Waals surface area contributed by atoms with Crippen LogP contribution < -0.4 is 11.1 Å². The van der Waals surface area contributed by atoms with Gasteiger partial charge in [0.05, 0.1) is 17.5 Å². The molecule has 1 aliphatic rings. The van der Waals surface area contributed by atoms with Crippen LogP contribution in [-0.2, 0) is 14.3 Å². The number of thiocarbonyl (C=S) groups is 1. The number of esters is 1. The van der Waals surface area contributed by atoms with Crippen LogP contribution in [0.25, 0.3) is 0 Å². The molecule has 5 nitrogen and oxygen atoms in total. The van der Waals surface area contributed by atoms with Crippen molar-refractivity contribution in [2.45, 2.75) is 52.0 Å². The molecule has 1 saturated carbocycles. The Morgan fingerprint density at radius 1 is 1.35 bits per heavy atom. The Kier molecular flexibility index (Phi) is 5.92. The Morgan fingerprint density at radius 2 is 1.90 bits per heavy atom. The van der Waals surface area contributed by atoms with Gasteiger partial charge in [0.25, 0.3) is 0 Å². The van der Waals surface area contributed by atoms with Gasteiger partial charge >= 0.3 is 5.97 Å². The monoisotopic (exact) mass is 300 g/mol. The zero-order valence-corrected chi connectivity index (χ0v) is 13.2. The molecule has 20 heavy (non-hydrogen) atoms. The normalized spacial score (nSPS) is 18.6. The average molecular weight is 300 g/mol. The van der Waals surface area contributed by atoms with E-state index >= 15 is 0 Å². The van der Waals surface area contributed by atoms with Crippen LogP contribution in [0.1, 0.15) is 46.0 Å². The van der Waals surface area contributed by atoms with E-state index in [1.807, 2.05) is 13.8 Å². The third kappa shape index (κ3) is 3.69. The fourth-order valence-electron chi connectivity index (χ4n) is 2.69. The summed E-state index contributed by atoms with van der Waals surface area (Å²) in [7, 11) is 1.32. The highest BCUT2D eigenvalue weighted by atomic mass is 32.1. The Hall–Kier alpha value is -1.17. The molecule has 0 bridgehead atoms. The SMILES string of the molecule is COC(=O)C(CC(C)C)NC(=O)C1(C(N)=S)CCCC1. The van der Waals surface area contributed by atoms with Gasteiger partial charge in [-0.15, -0.1) is 0 Å². The first-order valence-electron chi connectivity index (χ1n) is 7.02. The van der Waals surface area contributed by atoms with Crippen molar-refractivity contribution < 1.29 is 14.3 Å². The van der Waals surface area contributed by atoms with Crippen molar-refractivity contribution in [3.8, 4) is 0 Å². The maximum Gasteiger partial charge on any atom is 0.328 e. The van der Waals surface area contributed by atoms with E-state index in [-0.39, 0.29) is 16.8 Å². The number of rotatable bonds is 6. The van der Waals surface area contributed by atoms with Gasteiger partial charge in [0, 0.05) is 0 Å². The summed E-state index contributed by atoms with van der Waals surface area (Å²) in [5, 5.41) is 2.78. The van der Waals surface area contributed by atoms with Gasteiger partial charge in [0.15, 0.2) is 0 Å². The minimum Gasteiger partial charge on any atom is -0.467 e. The molecule has 0 aromatic carbocycles. The molecular weight excluding hydrogens is 276 g/mol. The maximum atomic E-state index is 12.5. The number of ether oxygens (including phenoxy) is 1. The number of carbonyl (C=O) groups is 2. The topological polar surface area (TPSA) is 81.4 Å². The standard InChI is InChI=1S/C14H24N2O3S/c1-9(2)8-10(11(17)19-3)16-13(18)14(12(15)20)6-4-5-7-14/h9-10H,4-8H2,1-3H3,(H2,15,20)(H,16,18). The molecule has 0 saturated heterocycles. The summed E-state index contributed by atoms with van der Waals surface area (Å²) < 4.78 is 4.75. The van der Waals surface area contributed by atoms with Crippen molar-refractivity contribution in [2.75, 3.05) is 7.11 Å². The van der Waals surface area contributed by atoms with Crippen molar-refractivity contribution in [1.29, 1.82) is 0 Å². The smallest absolute Gasteiger partial charge is 0.328 e. The van der Waals surface area contributed by atoms with E-state index in [9.17, 15) is 9.59 Å². The van der Waals surface area contributed by atoms with Gasteiger partial charge < -0.3 is 15.8 Å². The molecule has 0 aliphatic heterocycles. The molecule has 1 atom stereocenters. The predicted octanol–water partition coefficient (Wildman–Crippen LogP) is 1.54. The summed E-state index contributed by atoms with van der Waals surface area (Å²) >= 11 is 5.08. The third-order valence-electron chi connectivity index (χ3n) is 3.86. The minimum absolute atomic E-state index is 0.223. The molecule has 1 rings (SSSR count). The van der Waals surface area contributed by atoms with Gasteiger partial charge in [-0.2, -0.15) is 0 Å². The van der Waals surface area contributed by atoms with E-state index in [0.717, 1.165) is 12.8 Å². The highest BCUT2D eigenvalue weighted by Gasteiger charge is 2.45. The van der Waals surface area contributed by atoms with Gasteiger partial charge in [0.2, 0.25) is 5.91 Å². The van der Waals surface area contributed by atoms with Gasteiger partial charge in [-0.3, -0.25) is 4.79 Å². The lowest BCUT2D eigenvalue weighted by molar-refractivity contribution is -0.146. The predicted molar refractivity (Wildman–Crippen MR) is 81.1 cm³/mol. The number of nitrogens with one attached hydrogen (secondary N) is 1. The van der Waals surface area contributed by atoms with Gasteiger partial charge in [0.1, 0.15) is 6.04 Å². The maximum absolute atomic E-state index is 12.5. The van der Waals surface area contributed by atoms with Crippen molar-refractivity contribution in [3.63, 3.8) is 0 Å². The second-order valence-corrected chi connectivity index (χ2v) is 6.27. The lowest BCUT2D eigenvalue weighted by Gasteiger charge is -2.29. The second-order valence-electron chi connectivity index (χ2n) is 5.83. The summed E-state index contributed by atoms with van der Waals surface area (Å²) in [5.74, 6) is -0.398. The summed E-state index contributed by atoms with van der Waals surface area (Å²) in [6.45, 7) is 3.97. The molecule has 1 fully saturated rings. The first kappa shape index (κ1) is 16.9. The third-order valence-corrected chi connectivity index (χ3v) is 4.25. The van der Waals surface area contributed by atoms with Crippen LogP contribution in [0.15, 0.2) is 0 Å². The number of methoxy groups -OCH3 is 1. The molecule has 114 valence electrons. The molecule has 3 N–H and O–H groups in total. The molecule has 0 aromatic heterocycles. The summed E-state index contributed by atoms with van der Waals surface area (Å²) in [6.07, 6.45) is 3.70. The molecule has 1 aliphatic carbocycles. The van der Waals surface area contributed by atoms with Crippen LogP contribution in [0, 0.1) is 11.3 Å². The van der Waals surface area contributed by atoms with Crippen LogP contribution in [0.4, 0.5) is 0 Å². The highest BCUT2D eigenvalue weighted by Crippen LogP contribution is 2.38. The van der Waals surface area contributed by atoms with Gasteiger partial charge in [-0.25, -0.2) is 4.79 Å². The van der Waals surface area contributed by atoms with Crippen LogP contribution in [-0.4, -0.2) is 30.0 Å². The van der Waals surface area contributed by atoms with E-state index in [2.05, 4.69) is 5.32 Å². The number of amides is 1. The molecule has 1 amide bonds. The Morgan fingerprint density at radius 3 is 2.30 bits per heavy atom. The lowest BCUT2D eigenvalue weighted by atomic mass is 9.84. The molecule has 1 unspecified atom stereocenters. The highest BCUT2D eigenvalue weighted by molar-refractivity contribution is 7.80. The van der Waals surface area contributed by atoms with Gasteiger partial charge in [-0.1, -0.05) is 38.9 Å². The minimum atomic E-state index is -0.793. The Bertz CT molecular complexity index is 390. The molecule has 0 heterocycles. The van der Waals surface area contributed by atoms with Crippen LogP contribution in [0.2, 0.25) is 0 Å². The van der Waals surface area contributed by atoms with Crippen molar-refractivity contribution in [1.82, 2.24) is 5.32 Å². The second kappa shape index (κ2) is 7.02. The number of carbonyl (C=O) groups excluding carboxylic acids is 2. The average Bonchev–Trinajstić information content (AvgIpc) is 2.87. The van der Waals surface area contributed by atoms with Crippen LogP contribution in [0.3, 0.4) is 0 Å². The van der Waals surface area contributed by atoms with E-state index in [1.165, 1.54) is 7.11 Å². The molecule has 6 heteroatoms. The summed E-state index contributed by atoms with van der Waals surface area (Å²) in [6, 6.07) is -0.640. The molecule has 0 radical (unpaired) electrons. The van der Waals surface area contributed by atoms with Crippen molar-refractivity contribution in [2.24, 2.45) is 17.1 Å². The van der Waals surface area contributed by atoms with E-state index in [1.54, 1.807) is 0 Å². The Labute approximate surface area is 125 Å². The fourth-order valence-corrected chi connectivity index (χ4v) is 2.98. The van der Waals surface area contributed by atoms with Crippen LogP contribution >= 0.6 is 12.2 Å². The van der Waals surface area contributed by atoms with Gasteiger partial charge in [-0.05, 0) is 25.2 Å². The molecular formula is C14H24N2O3S. The summed E-state index contributed by atoms with van der Waals surface area (Å²) in [4.78, 5) is 24.5. The molecule has 0 aromatic rings. The largest absolute Gasteiger partial charge is 0.467 e. The Balaban J connectivity index is 2.83. The number of hydrogen-bond donors (Lipinski definition) is 2. The van der Waals surface area contributed by atoms with E-state index < -0.39 is 17.4 Å². The van der Waals surface area contributed by atoms with Crippen molar-refractivity contribution >= 4 is 29.1 Å². The zero-order valence-electron chi connectivity index (χ0n) is 12.4. The number of hydrogen-bond acceptors (Lipinski definition) is 4. The molecule has 0 spiro atoms. The zero-order chi connectivity index (χ0) is 15.3. The first-order valence-corrected chi connectivity index (χ1v) is 7.43. The van der Waals surface area contributed by atoms with Crippen molar-refractivity contribution in [3.05, 3.63) is 0 Å². The quantitative estimate of drug-likeness (QED) is 0.574. The lowest BCUT2D eigenvalue weighted by Crippen LogP contribution is -2.52. The number of nitrogens with two attached hydrogens (primary N) is 1. The van der Waals surface area contributed by atoms with E-state index in [4.69, 9.17) is 22.7 Å². The van der Waals surface area contributed by atoms with E-state index in [0.29, 0.717) is 19.3 Å².